The van der Waals surface area contributed by atoms with Gasteiger partial charge in [0.25, 0.3) is 6.43 Å². The van der Waals surface area contributed by atoms with Crippen molar-refractivity contribution in [2.75, 3.05) is 13.1 Å². The molecule has 0 aromatic carbocycles. The van der Waals surface area contributed by atoms with Crippen LogP contribution in [0.15, 0.2) is 17.2 Å². The average molecular weight is 321 g/mol. The van der Waals surface area contributed by atoms with Gasteiger partial charge in [0, 0.05) is 24.5 Å². The lowest BCUT2D eigenvalue weighted by molar-refractivity contribution is 0.153. The molecule has 21 heavy (non-hydrogen) atoms. The van der Waals surface area contributed by atoms with Gasteiger partial charge in [-0.3, -0.25) is 0 Å². The Morgan fingerprint density at radius 1 is 1.43 bits per heavy atom. The number of aromatic nitrogens is 1. The van der Waals surface area contributed by atoms with Gasteiger partial charge in [-0.2, -0.15) is 0 Å². The van der Waals surface area contributed by atoms with Crippen LogP contribution in [0.4, 0.5) is 8.78 Å². The molecule has 2 rings (SSSR count). The predicted molar refractivity (Wildman–Crippen MR) is 75.9 cm³/mol. The number of halogens is 2. The van der Waals surface area contributed by atoms with Gasteiger partial charge in [0.05, 0.1) is 11.4 Å². The third-order valence-corrected chi connectivity index (χ3v) is 4.71. The molecule has 0 atom stereocenters. The first-order valence-electron chi connectivity index (χ1n) is 7.13. The van der Waals surface area contributed by atoms with Crippen molar-refractivity contribution < 1.29 is 17.2 Å². The molecule has 0 aliphatic heterocycles. The van der Waals surface area contributed by atoms with E-state index in [2.05, 4.69) is 12.2 Å². The second kappa shape index (κ2) is 6.85. The van der Waals surface area contributed by atoms with Crippen molar-refractivity contribution in [1.82, 2.24) is 14.6 Å². The minimum absolute atomic E-state index is 0.0587. The highest BCUT2D eigenvalue weighted by Crippen LogP contribution is 2.37. The number of hydrogen-bond donors (Lipinski definition) is 2. The lowest BCUT2D eigenvalue weighted by Gasteiger charge is -2.07. The van der Waals surface area contributed by atoms with Crippen LogP contribution in [-0.4, -0.2) is 32.5 Å². The molecule has 0 bridgehead atoms. The Hall–Kier alpha value is -0.990. The van der Waals surface area contributed by atoms with Gasteiger partial charge < -0.3 is 9.88 Å². The molecule has 1 saturated carbocycles. The highest BCUT2D eigenvalue weighted by Gasteiger charge is 2.28. The SMILES string of the molecule is CCCNCc1cc(S(=O)(=O)NCC(F)F)cn1C1CC1. The molecule has 0 spiro atoms. The van der Waals surface area contributed by atoms with Crippen molar-refractivity contribution >= 4 is 10.0 Å². The van der Waals surface area contributed by atoms with Crippen molar-refractivity contribution in [3.8, 4) is 0 Å². The number of alkyl halides is 2. The highest BCUT2D eigenvalue weighted by molar-refractivity contribution is 7.89. The first-order chi connectivity index (χ1) is 9.94. The third-order valence-electron chi connectivity index (χ3n) is 3.32. The summed E-state index contributed by atoms with van der Waals surface area (Å²) in [6, 6.07) is 1.90. The third kappa shape index (κ3) is 4.49. The smallest absolute Gasteiger partial charge is 0.251 e. The molecule has 1 heterocycles. The largest absolute Gasteiger partial charge is 0.346 e. The van der Waals surface area contributed by atoms with E-state index in [1.165, 1.54) is 0 Å². The van der Waals surface area contributed by atoms with Crippen molar-refractivity contribution in [2.24, 2.45) is 0 Å². The second-order valence-corrected chi connectivity index (χ2v) is 6.99. The lowest BCUT2D eigenvalue weighted by Crippen LogP contribution is -2.28. The van der Waals surface area contributed by atoms with Gasteiger partial charge in [-0.1, -0.05) is 6.92 Å². The van der Waals surface area contributed by atoms with E-state index < -0.39 is 23.0 Å². The Morgan fingerprint density at radius 2 is 2.14 bits per heavy atom. The summed E-state index contributed by atoms with van der Waals surface area (Å²) in [5, 5.41) is 3.23. The van der Waals surface area contributed by atoms with E-state index in [4.69, 9.17) is 0 Å². The van der Waals surface area contributed by atoms with Gasteiger partial charge in [-0.05, 0) is 31.9 Å². The predicted octanol–water partition coefficient (Wildman–Crippen LogP) is 1.87. The molecule has 1 aromatic heterocycles. The summed E-state index contributed by atoms with van der Waals surface area (Å²) >= 11 is 0. The molecule has 1 aromatic rings. The molecule has 0 amide bonds. The van der Waals surface area contributed by atoms with E-state index in [0.29, 0.717) is 12.6 Å². The zero-order chi connectivity index (χ0) is 15.5. The van der Waals surface area contributed by atoms with Gasteiger partial charge in [-0.25, -0.2) is 21.9 Å². The fraction of sp³-hybridized carbons (Fsp3) is 0.692. The number of nitrogens with zero attached hydrogens (tertiary/aromatic N) is 1. The number of hydrogen-bond acceptors (Lipinski definition) is 3. The topological polar surface area (TPSA) is 63.1 Å². The van der Waals surface area contributed by atoms with Crippen LogP contribution in [0.25, 0.3) is 0 Å². The molecular formula is C13H21F2N3O2S. The maximum absolute atomic E-state index is 12.2. The van der Waals surface area contributed by atoms with Crippen LogP contribution in [0.2, 0.25) is 0 Å². The summed E-state index contributed by atoms with van der Waals surface area (Å²) < 4.78 is 52.2. The van der Waals surface area contributed by atoms with Gasteiger partial charge in [-0.15, -0.1) is 0 Å². The van der Waals surface area contributed by atoms with Gasteiger partial charge in [0.15, 0.2) is 0 Å². The molecule has 120 valence electrons. The fourth-order valence-electron chi connectivity index (χ4n) is 2.13. The van der Waals surface area contributed by atoms with Crippen molar-refractivity contribution in [2.45, 2.75) is 50.1 Å². The average Bonchev–Trinajstić information content (AvgIpc) is 3.17. The molecule has 1 fully saturated rings. The Kier molecular flexibility index (Phi) is 5.34. The molecular weight excluding hydrogens is 300 g/mol. The zero-order valence-corrected chi connectivity index (χ0v) is 12.8. The molecule has 1 aliphatic rings. The normalized spacial score (nSPS) is 15.8. The summed E-state index contributed by atoms with van der Waals surface area (Å²) in [5.74, 6) is 0. The maximum Gasteiger partial charge on any atom is 0.251 e. The minimum atomic E-state index is -3.87. The van der Waals surface area contributed by atoms with Crippen molar-refractivity contribution in [3.05, 3.63) is 18.0 Å². The molecule has 5 nitrogen and oxygen atoms in total. The van der Waals surface area contributed by atoms with E-state index in [-0.39, 0.29) is 4.90 Å². The van der Waals surface area contributed by atoms with Crippen LogP contribution in [0.3, 0.4) is 0 Å². The van der Waals surface area contributed by atoms with E-state index in [1.54, 1.807) is 12.3 Å². The van der Waals surface area contributed by atoms with Crippen molar-refractivity contribution in [3.63, 3.8) is 0 Å². The minimum Gasteiger partial charge on any atom is -0.346 e. The number of sulfonamides is 1. The molecule has 0 saturated heterocycles. The Balaban J connectivity index is 2.14. The van der Waals surface area contributed by atoms with E-state index in [9.17, 15) is 17.2 Å². The molecule has 0 unspecified atom stereocenters. The van der Waals surface area contributed by atoms with Crippen molar-refractivity contribution in [1.29, 1.82) is 0 Å². The van der Waals surface area contributed by atoms with Gasteiger partial charge in [0.1, 0.15) is 0 Å². The summed E-state index contributed by atoms with van der Waals surface area (Å²) in [6.45, 7) is 2.62. The summed E-state index contributed by atoms with van der Waals surface area (Å²) in [7, 11) is -3.87. The Labute approximate surface area is 123 Å². The number of nitrogens with one attached hydrogen (secondary N) is 2. The highest BCUT2D eigenvalue weighted by atomic mass is 32.2. The molecule has 8 heteroatoms. The van der Waals surface area contributed by atoms with Crippen LogP contribution in [-0.2, 0) is 16.6 Å². The van der Waals surface area contributed by atoms with E-state index in [1.807, 2.05) is 9.29 Å². The lowest BCUT2D eigenvalue weighted by atomic mass is 10.4. The molecule has 1 aliphatic carbocycles. The molecule has 2 N–H and O–H groups in total. The second-order valence-electron chi connectivity index (χ2n) is 5.23. The Bertz CT molecular complexity index is 568. The van der Waals surface area contributed by atoms with Gasteiger partial charge in [0.2, 0.25) is 10.0 Å². The Morgan fingerprint density at radius 3 is 2.71 bits per heavy atom. The van der Waals surface area contributed by atoms with Crippen LogP contribution < -0.4 is 10.0 Å². The summed E-state index contributed by atoms with van der Waals surface area (Å²) in [6.07, 6.45) is 1.90. The zero-order valence-electron chi connectivity index (χ0n) is 12.0. The first-order valence-corrected chi connectivity index (χ1v) is 8.61. The number of rotatable bonds is 9. The van der Waals surface area contributed by atoms with E-state index >= 15 is 0 Å². The van der Waals surface area contributed by atoms with Gasteiger partial charge >= 0.3 is 0 Å². The van der Waals surface area contributed by atoms with Crippen LogP contribution in [0.5, 0.6) is 0 Å². The summed E-state index contributed by atoms with van der Waals surface area (Å²) in [4.78, 5) is 0.0587. The first kappa shape index (κ1) is 16.4. The quantitative estimate of drug-likeness (QED) is 0.683. The standard InChI is InChI=1S/C13H21F2N3O2S/c1-2-5-16-7-11-6-12(9-18(11)10-3-4-10)21(19,20)17-8-13(14)15/h6,9-10,13,16-17H,2-5,7-8H2,1H3. The van der Waals surface area contributed by atoms with E-state index in [0.717, 1.165) is 31.5 Å². The monoisotopic (exact) mass is 321 g/mol. The van der Waals surface area contributed by atoms with Crippen LogP contribution >= 0.6 is 0 Å². The molecule has 0 radical (unpaired) electrons. The maximum atomic E-state index is 12.2. The summed E-state index contributed by atoms with van der Waals surface area (Å²) in [5.41, 5.74) is 0.878. The fourth-order valence-corrected chi connectivity index (χ4v) is 3.18. The van der Waals surface area contributed by atoms with Crippen LogP contribution in [0, 0.1) is 0 Å². The van der Waals surface area contributed by atoms with Crippen LogP contribution in [0.1, 0.15) is 37.9 Å².